The van der Waals surface area contributed by atoms with E-state index >= 15 is 0 Å². The molecule has 1 nitrogen and oxygen atoms in total. The molecule has 2 rings (SSSR count). The molecule has 0 spiro atoms. The van der Waals surface area contributed by atoms with Crippen molar-refractivity contribution >= 4 is 0 Å². The van der Waals surface area contributed by atoms with Crippen molar-refractivity contribution in [1.29, 1.82) is 0 Å². The molecule has 17 heavy (non-hydrogen) atoms. The largest absolute Gasteiger partial charge is 0.383 e. The van der Waals surface area contributed by atoms with Gasteiger partial charge in [-0.15, -0.1) is 0 Å². The summed E-state index contributed by atoms with van der Waals surface area (Å²) in [5, 5.41) is 10.00. The standard InChI is InChI=1S/C14H12F2O/c1-9-6-7-13(16)11(8-9)14(17)10-4-2-3-5-12(10)15/h2-8,14,17H,1H3. The van der Waals surface area contributed by atoms with Gasteiger partial charge < -0.3 is 5.11 Å². The number of aliphatic hydroxyl groups is 1. The summed E-state index contributed by atoms with van der Waals surface area (Å²) in [6.45, 7) is 1.79. The van der Waals surface area contributed by atoms with Gasteiger partial charge in [0.05, 0.1) is 0 Å². The lowest BCUT2D eigenvalue weighted by Crippen LogP contribution is -2.05. The van der Waals surface area contributed by atoms with E-state index in [-0.39, 0.29) is 11.1 Å². The lowest BCUT2D eigenvalue weighted by Gasteiger charge is -2.13. The van der Waals surface area contributed by atoms with Gasteiger partial charge in [-0.25, -0.2) is 8.78 Å². The molecule has 1 atom stereocenters. The molecule has 0 aliphatic heterocycles. The molecule has 2 aromatic rings. The second kappa shape index (κ2) is 4.63. The second-order valence-corrected chi connectivity index (χ2v) is 3.95. The Balaban J connectivity index is 2.47. The van der Waals surface area contributed by atoms with Crippen molar-refractivity contribution < 1.29 is 13.9 Å². The summed E-state index contributed by atoms with van der Waals surface area (Å²) in [5.41, 5.74) is 0.990. The van der Waals surface area contributed by atoms with E-state index in [2.05, 4.69) is 0 Å². The molecule has 0 bridgehead atoms. The van der Waals surface area contributed by atoms with Crippen molar-refractivity contribution in [3.8, 4) is 0 Å². The van der Waals surface area contributed by atoms with Crippen molar-refractivity contribution in [2.45, 2.75) is 13.0 Å². The predicted molar refractivity (Wildman–Crippen MR) is 61.6 cm³/mol. The molecule has 1 unspecified atom stereocenters. The van der Waals surface area contributed by atoms with Gasteiger partial charge in [-0.3, -0.25) is 0 Å². The topological polar surface area (TPSA) is 20.2 Å². The lowest BCUT2D eigenvalue weighted by atomic mass is 9.99. The molecule has 3 heteroatoms. The fourth-order valence-electron chi connectivity index (χ4n) is 1.74. The third kappa shape index (κ3) is 2.34. The molecule has 0 saturated carbocycles. The van der Waals surface area contributed by atoms with Crippen LogP contribution >= 0.6 is 0 Å². The van der Waals surface area contributed by atoms with Crippen LogP contribution < -0.4 is 0 Å². The van der Waals surface area contributed by atoms with E-state index < -0.39 is 17.7 Å². The molecule has 1 N–H and O–H groups in total. The minimum Gasteiger partial charge on any atom is -0.383 e. The quantitative estimate of drug-likeness (QED) is 0.844. The van der Waals surface area contributed by atoms with Crippen LogP contribution in [0.3, 0.4) is 0 Å². The minimum absolute atomic E-state index is 0.0806. The Bertz CT molecular complexity index is 537. The fraction of sp³-hybridized carbons (Fsp3) is 0.143. The van der Waals surface area contributed by atoms with E-state index in [1.807, 2.05) is 0 Å². The maximum Gasteiger partial charge on any atom is 0.129 e. The predicted octanol–water partition coefficient (Wildman–Crippen LogP) is 3.35. The SMILES string of the molecule is Cc1ccc(F)c(C(O)c2ccccc2F)c1. The zero-order chi connectivity index (χ0) is 12.4. The van der Waals surface area contributed by atoms with E-state index in [1.54, 1.807) is 19.1 Å². The van der Waals surface area contributed by atoms with Crippen LogP contribution in [0.1, 0.15) is 22.8 Å². The summed E-state index contributed by atoms with van der Waals surface area (Å²) in [5.74, 6) is -1.08. The molecule has 0 aliphatic carbocycles. The highest BCUT2D eigenvalue weighted by atomic mass is 19.1. The van der Waals surface area contributed by atoms with E-state index in [9.17, 15) is 13.9 Å². The molecule has 0 radical (unpaired) electrons. The Morgan fingerprint density at radius 3 is 2.29 bits per heavy atom. The molecule has 88 valence electrons. The van der Waals surface area contributed by atoms with Gasteiger partial charge >= 0.3 is 0 Å². The first kappa shape index (κ1) is 11.7. The Morgan fingerprint density at radius 1 is 0.941 bits per heavy atom. The highest BCUT2D eigenvalue weighted by Crippen LogP contribution is 2.26. The number of hydrogen-bond acceptors (Lipinski definition) is 1. The average Bonchev–Trinajstić information content (AvgIpc) is 2.32. The van der Waals surface area contributed by atoms with Crippen LogP contribution in [0.25, 0.3) is 0 Å². The van der Waals surface area contributed by atoms with Crippen molar-refractivity contribution in [3.05, 3.63) is 70.8 Å². The smallest absolute Gasteiger partial charge is 0.129 e. The van der Waals surface area contributed by atoms with Crippen LogP contribution in [0.2, 0.25) is 0 Å². The lowest BCUT2D eigenvalue weighted by molar-refractivity contribution is 0.209. The number of aryl methyl sites for hydroxylation is 1. The first-order valence-corrected chi connectivity index (χ1v) is 5.28. The highest BCUT2D eigenvalue weighted by Gasteiger charge is 2.18. The maximum absolute atomic E-state index is 13.6. The van der Waals surface area contributed by atoms with Crippen LogP contribution in [0.5, 0.6) is 0 Å². The van der Waals surface area contributed by atoms with Crippen LogP contribution in [0, 0.1) is 18.6 Å². The van der Waals surface area contributed by atoms with Gasteiger partial charge in [0.25, 0.3) is 0 Å². The van der Waals surface area contributed by atoms with Crippen molar-refractivity contribution in [2.75, 3.05) is 0 Å². The first-order chi connectivity index (χ1) is 8.09. The Kier molecular flexibility index (Phi) is 3.20. The first-order valence-electron chi connectivity index (χ1n) is 5.28. The number of halogens is 2. The molecule has 0 fully saturated rings. The van der Waals surface area contributed by atoms with Crippen LogP contribution in [-0.2, 0) is 0 Å². The van der Waals surface area contributed by atoms with Gasteiger partial charge in [-0.05, 0) is 19.1 Å². The number of aliphatic hydroxyl groups excluding tert-OH is 1. The number of hydrogen-bond donors (Lipinski definition) is 1. The van der Waals surface area contributed by atoms with Crippen LogP contribution in [0.15, 0.2) is 42.5 Å². The molecular weight excluding hydrogens is 222 g/mol. The second-order valence-electron chi connectivity index (χ2n) is 3.95. The van der Waals surface area contributed by atoms with Crippen LogP contribution in [-0.4, -0.2) is 5.11 Å². The molecule has 0 aromatic heterocycles. The molecule has 0 heterocycles. The van der Waals surface area contributed by atoms with Crippen molar-refractivity contribution in [3.63, 3.8) is 0 Å². The summed E-state index contributed by atoms with van der Waals surface area (Å²) in [6, 6.07) is 10.2. The van der Waals surface area contributed by atoms with Crippen molar-refractivity contribution in [2.24, 2.45) is 0 Å². The molecule has 0 aliphatic rings. The summed E-state index contributed by atoms with van der Waals surface area (Å²) < 4.78 is 27.0. The highest BCUT2D eigenvalue weighted by molar-refractivity contribution is 5.33. The van der Waals surface area contributed by atoms with Crippen LogP contribution in [0.4, 0.5) is 8.78 Å². The third-order valence-electron chi connectivity index (χ3n) is 2.65. The summed E-state index contributed by atoms with van der Waals surface area (Å²) in [4.78, 5) is 0. The summed E-state index contributed by atoms with van der Waals surface area (Å²) >= 11 is 0. The Morgan fingerprint density at radius 2 is 1.59 bits per heavy atom. The van der Waals surface area contributed by atoms with Gasteiger partial charge in [-0.2, -0.15) is 0 Å². The maximum atomic E-state index is 13.6. The average molecular weight is 234 g/mol. The van der Waals surface area contributed by atoms with E-state index in [0.29, 0.717) is 0 Å². The molecule has 0 amide bonds. The molecule has 2 aromatic carbocycles. The normalized spacial score (nSPS) is 12.5. The van der Waals surface area contributed by atoms with E-state index in [4.69, 9.17) is 0 Å². The zero-order valence-corrected chi connectivity index (χ0v) is 9.32. The Labute approximate surface area is 98.3 Å². The van der Waals surface area contributed by atoms with E-state index in [1.165, 1.54) is 30.3 Å². The van der Waals surface area contributed by atoms with E-state index in [0.717, 1.165) is 5.56 Å². The zero-order valence-electron chi connectivity index (χ0n) is 9.32. The molecular formula is C14H12F2O. The van der Waals surface area contributed by atoms with Gasteiger partial charge in [0.2, 0.25) is 0 Å². The monoisotopic (exact) mass is 234 g/mol. The minimum atomic E-state index is -1.28. The van der Waals surface area contributed by atoms with Gasteiger partial charge in [0.15, 0.2) is 0 Å². The number of rotatable bonds is 2. The van der Waals surface area contributed by atoms with Gasteiger partial charge in [0.1, 0.15) is 17.7 Å². The molecule has 0 saturated heterocycles. The number of benzene rings is 2. The Hall–Kier alpha value is -1.74. The fourth-order valence-corrected chi connectivity index (χ4v) is 1.74. The van der Waals surface area contributed by atoms with Gasteiger partial charge in [-0.1, -0.05) is 35.9 Å². The summed E-state index contributed by atoms with van der Waals surface area (Å²) in [7, 11) is 0. The third-order valence-corrected chi connectivity index (χ3v) is 2.65. The van der Waals surface area contributed by atoms with Crippen molar-refractivity contribution in [1.82, 2.24) is 0 Å². The summed E-state index contributed by atoms with van der Waals surface area (Å²) in [6.07, 6.45) is -1.28. The van der Waals surface area contributed by atoms with Gasteiger partial charge in [0, 0.05) is 11.1 Å².